The summed E-state index contributed by atoms with van der Waals surface area (Å²) in [5.41, 5.74) is 1.70. The van der Waals surface area contributed by atoms with E-state index in [4.69, 9.17) is 11.6 Å². The minimum Gasteiger partial charge on any atom is -0.309 e. The van der Waals surface area contributed by atoms with Gasteiger partial charge in [0, 0.05) is 35.7 Å². The average Bonchev–Trinajstić information content (AvgIpc) is 2.27. The number of benzene rings is 1. The van der Waals surface area contributed by atoms with Gasteiger partial charge < -0.3 is 5.32 Å². The third kappa shape index (κ3) is 3.25. The Morgan fingerprint density at radius 2 is 1.78 bits per heavy atom. The van der Waals surface area contributed by atoms with E-state index < -0.39 is 0 Å². The normalized spacial score (nSPS) is 22.9. The number of nitrogens with zero attached hydrogens (tertiary/aromatic N) is 1. The van der Waals surface area contributed by atoms with Crippen LogP contribution in [0.25, 0.3) is 0 Å². The number of rotatable bonds is 2. The first kappa shape index (κ1) is 13.9. The van der Waals surface area contributed by atoms with Gasteiger partial charge in [0.1, 0.15) is 0 Å². The van der Waals surface area contributed by atoms with Crippen molar-refractivity contribution in [3.8, 4) is 0 Å². The van der Waals surface area contributed by atoms with Crippen molar-refractivity contribution in [3.63, 3.8) is 0 Å². The maximum absolute atomic E-state index is 5.93. The number of hydrogen-bond acceptors (Lipinski definition) is 2. The summed E-state index contributed by atoms with van der Waals surface area (Å²) in [6.07, 6.45) is 0. The van der Waals surface area contributed by atoms with Crippen LogP contribution in [0.15, 0.2) is 24.3 Å². The summed E-state index contributed by atoms with van der Waals surface area (Å²) in [4.78, 5) is 2.55. The van der Waals surface area contributed by atoms with E-state index in [1.807, 2.05) is 12.1 Å². The summed E-state index contributed by atoms with van der Waals surface area (Å²) in [5, 5.41) is 4.42. The first-order valence-electron chi connectivity index (χ1n) is 6.53. The van der Waals surface area contributed by atoms with Crippen molar-refractivity contribution >= 4 is 11.6 Å². The number of piperazine rings is 1. The Labute approximate surface area is 115 Å². The molecule has 0 atom stereocenters. The second-order valence-electron chi connectivity index (χ2n) is 6.53. The van der Waals surface area contributed by atoms with Gasteiger partial charge in [0.2, 0.25) is 0 Å². The molecule has 18 heavy (non-hydrogen) atoms. The fourth-order valence-corrected chi connectivity index (χ4v) is 2.52. The number of halogens is 1. The molecule has 0 radical (unpaired) electrons. The van der Waals surface area contributed by atoms with E-state index in [0.29, 0.717) is 0 Å². The lowest BCUT2D eigenvalue weighted by Crippen LogP contribution is -2.65. The van der Waals surface area contributed by atoms with Gasteiger partial charge in [-0.1, -0.05) is 23.7 Å². The predicted octanol–water partition coefficient (Wildman–Crippen LogP) is 3.30. The van der Waals surface area contributed by atoms with Crippen molar-refractivity contribution in [2.75, 3.05) is 13.1 Å². The molecule has 1 fully saturated rings. The first-order chi connectivity index (χ1) is 8.28. The average molecular weight is 267 g/mol. The smallest absolute Gasteiger partial charge is 0.0406 e. The van der Waals surface area contributed by atoms with Gasteiger partial charge in [0.05, 0.1) is 0 Å². The van der Waals surface area contributed by atoms with Crippen LogP contribution in [0.5, 0.6) is 0 Å². The van der Waals surface area contributed by atoms with Crippen molar-refractivity contribution < 1.29 is 0 Å². The van der Waals surface area contributed by atoms with Crippen LogP contribution in [0.1, 0.15) is 33.3 Å². The molecular weight excluding hydrogens is 244 g/mol. The molecule has 1 saturated heterocycles. The Hall–Kier alpha value is -0.570. The van der Waals surface area contributed by atoms with Crippen LogP contribution < -0.4 is 5.32 Å². The molecule has 1 aromatic rings. The molecule has 0 unspecified atom stereocenters. The molecule has 3 heteroatoms. The molecule has 0 aliphatic carbocycles. The quantitative estimate of drug-likeness (QED) is 0.884. The van der Waals surface area contributed by atoms with Crippen LogP contribution in [0.3, 0.4) is 0 Å². The van der Waals surface area contributed by atoms with E-state index in [1.54, 1.807) is 0 Å². The summed E-state index contributed by atoms with van der Waals surface area (Å²) in [6, 6.07) is 8.18. The molecule has 100 valence electrons. The molecule has 2 rings (SSSR count). The Kier molecular flexibility index (Phi) is 3.72. The van der Waals surface area contributed by atoms with Crippen LogP contribution >= 0.6 is 11.6 Å². The van der Waals surface area contributed by atoms with Crippen molar-refractivity contribution in [2.24, 2.45) is 0 Å². The lowest BCUT2D eigenvalue weighted by atomic mass is 9.91. The van der Waals surface area contributed by atoms with Crippen LogP contribution in [0.2, 0.25) is 5.02 Å². The summed E-state index contributed by atoms with van der Waals surface area (Å²) in [7, 11) is 0. The van der Waals surface area contributed by atoms with Crippen LogP contribution in [0.4, 0.5) is 0 Å². The summed E-state index contributed by atoms with van der Waals surface area (Å²) < 4.78 is 0. The zero-order valence-corrected chi connectivity index (χ0v) is 12.5. The summed E-state index contributed by atoms with van der Waals surface area (Å²) >= 11 is 5.93. The van der Waals surface area contributed by atoms with Gasteiger partial charge >= 0.3 is 0 Å². The molecule has 1 N–H and O–H groups in total. The maximum atomic E-state index is 5.93. The maximum Gasteiger partial charge on any atom is 0.0406 e. The van der Waals surface area contributed by atoms with Crippen molar-refractivity contribution in [3.05, 3.63) is 34.9 Å². The van der Waals surface area contributed by atoms with Gasteiger partial charge in [0.25, 0.3) is 0 Å². The monoisotopic (exact) mass is 266 g/mol. The Morgan fingerprint density at radius 3 is 2.39 bits per heavy atom. The molecule has 1 aliphatic heterocycles. The van der Waals surface area contributed by atoms with Gasteiger partial charge in [-0.05, 0) is 45.4 Å². The van der Waals surface area contributed by atoms with Crippen molar-refractivity contribution in [1.29, 1.82) is 0 Å². The Bertz CT molecular complexity index is 409. The molecule has 0 bridgehead atoms. The van der Waals surface area contributed by atoms with E-state index in [-0.39, 0.29) is 11.1 Å². The molecule has 0 spiro atoms. The minimum absolute atomic E-state index is 0.182. The highest BCUT2D eigenvalue weighted by molar-refractivity contribution is 6.30. The van der Waals surface area contributed by atoms with Crippen LogP contribution in [-0.4, -0.2) is 29.1 Å². The van der Waals surface area contributed by atoms with Gasteiger partial charge in [-0.3, -0.25) is 4.90 Å². The predicted molar refractivity (Wildman–Crippen MR) is 78.0 cm³/mol. The molecule has 0 amide bonds. The standard InChI is InChI=1S/C15H23ClN2/c1-14(2)11-18(15(3,4)10-17-14)9-12-5-7-13(16)8-6-12/h5-8,17H,9-11H2,1-4H3. The first-order valence-corrected chi connectivity index (χ1v) is 6.91. The van der Waals surface area contributed by atoms with Crippen LogP contribution in [0, 0.1) is 0 Å². The number of nitrogens with one attached hydrogen (secondary N) is 1. The van der Waals surface area contributed by atoms with Gasteiger partial charge in [-0.2, -0.15) is 0 Å². The van der Waals surface area contributed by atoms with Crippen molar-refractivity contribution in [2.45, 2.75) is 45.3 Å². The lowest BCUT2D eigenvalue weighted by molar-refractivity contribution is 0.0324. The zero-order valence-electron chi connectivity index (χ0n) is 11.8. The highest BCUT2D eigenvalue weighted by atomic mass is 35.5. The highest BCUT2D eigenvalue weighted by Gasteiger charge is 2.37. The topological polar surface area (TPSA) is 15.3 Å². The third-order valence-corrected chi connectivity index (χ3v) is 3.98. The molecule has 0 aromatic heterocycles. The van der Waals surface area contributed by atoms with E-state index in [0.717, 1.165) is 24.7 Å². The Morgan fingerprint density at radius 1 is 1.17 bits per heavy atom. The summed E-state index contributed by atoms with van der Waals surface area (Å²) in [6.45, 7) is 12.2. The van der Waals surface area contributed by atoms with Crippen LogP contribution in [-0.2, 0) is 6.54 Å². The second kappa shape index (κ2) is 4.84. The molecule has 2 nitrogen and oxygen atoms in total. The zero-order chi connectivity index (χ0) is 13.4. The molecule has 0 saturated carbocycles. The van der Waals surface area contributed by atoms with E-state index in [1.165, 1.54) is 5.56 Å². The molecule has 1 aromatic carbocycles. The minimum atomic E-state index is 0.182. The molecule has 1 heterocycles. The SMILES string of the molecule is CC1(C)CN(Cc2ccc(Cl)cc2)C(C)(C)CN1. The van der Waals surface area contributed by atoms with E-state index in [2.05, 4.69) is 50.0 Å². The van der Waals surface area contributed by atoms with Crippen molar-refractivity contribution in [1.82, 2.24) is 10.2 Å². The number of hydrogen-bond donors (Lipinski definition) is 1. The lowest BCUT2D eigenvalue weighted by Gasteiger charge is -2.49. The molecular formula is C15H23ClN2. The fourth-order valence-electron chi connectivity index (χ4n) is 2.39. The Balaban J connectivity index is 2.12. The van der Waals surface area contributed by atoms with Gasteiger partial charge in [0.15, 0.2) is 0 Å². The molecule has 1 aliphatic rings. The van der Waals surface area contributed by atoms with E-state index >= 15 is 0 Å². The third-order valence-electron chi connectivity index (χ3n) is 3.73. The highest BCUT2D eigenvalue weighted by Crippen LogP contribution is 2.25. The second-order valence-corrected chi connectivity index (χ2v) is 6.97. The summed E-state index contributed by atoms with van der Waals surface area (Å²) in [5.74, 6) is 0. The van der Waals surface area contributed by atoms with E-state index in [9.17, 15) is 0 Å². The fraction of sp³-hybridized carbons (Fsp3) is 0.600. The van der Waals surface area contributed by atoms with Gasteiger partial charge in [-0.15, -0.1) is 0 Å². The van der Waals surface area contributed by atoms with Gasteiger partial charge in [-0.25, -0.2) is 0 Å². The largest absolute Gasteiger partial charge is 0.309 e.